The van der Waals surface area contributed by atoms with Crippen molar-refractivity contribution in [2.45, 2.75) is 51.3 Å². The van der Waals surface area contributed by atoms with Crippen LogP contribution in [-0.4, -0.2) is 36.6 Å². The molecule has 16 heavy (non-hydrogen) atoms. The molecule has 0 saturated carbocycles. The first-order chi connectivity index (χ1) is 7.61. The van der Waals surface area contributed by atoms with Crippen LogP contribution in [0.1, 0.15) is 46.0 Å². The number of halogens is 1. The Hall–Kier alpha value is -0.440. The highest BCUT2D eigenvalue weighted by atomic mass is 35.5. The van der Waals surface area contributed by atoms with Crippen LogP contribution in [0.25, 0.3) is 0 Å². The molecule has 0 bridgehead atoms. The summed E-state index contributed by atoms with van der Waals surface area (Å²) < 4.78 is 4.88. The molecule has 0 radical (unpaired) electrons. The Morgan fingerprint density at radius 2 is 2.00 bits per heavy atom. The Bertz CT molecular complexity index is 188. The van der Waals surface area contributed by atoms with Crippen LogP contribution in [-0.2, 0) is 4.74 Å². The van der Waals surface area contributed by atoms with Gasteiger partial charge in [-0.2, -0.15) is 0 Å². The minimum atomic E-state index is -0.290. The predicted molar refractivity (Wildman–Crippen MR) is 68.1 cm³/mol. The van der Waals surface area contributed by atoms with E-state index in [0.717, 1.165) is 12.8 Å². The van der Waals surface area contributed by atoms with E-state index in [4.69, 9.17) is 16.3 Å². The lowest BCUT2D eigenvalue weighted by molar-refractivity contribution is 0.116. The van der Waals surface area contributed by atoms with Crippen LogP contribution in [0.2, 0.25) is 0 Å². The van der Waals surface area contributed by atoms with Gasteiger partial charge in [0.05, 0.1) is 12.0 Å². The fourth-order valence-corrected chi connectivity index (χ4v) is 1.85. The zero-order valence-corrected chi connectivity index (χ0v) is 11.4. The number of hydrogen-bond acceptors (Lipinski definition) is 2. The van der Waals surface area contributed by atoms with Gasteiger partial charge in [0.1, 0.15) is 0 Å². The quantitative estimate of drug-likeness (QED) is 0.485. The number of amides is 1. The molecule has 3 nitrogen and oxygen atoms in total. The molecule has 1 unspecified atom stereocenters. The van der Waals surface area contributed by atoms with E-state index in [1.54, 1.807) is 18.9 Å². The normalized spacial score (nSPS) is 12.2. The van der Waals surface area contributed by atoms with Gasteiger partial charge in [-0.25, -0.2) is 4.79 Å². The Labute approximate surface area is 104 Å². The van der Waals surface area contributed by atoms with Crippen LogP contribution in [0, 0.1) is 0 Å². The van der Waals surface area contributed by atoms with E-state index in [0.29, 0.717) is 13.2 Å². The van der Waals surface area contributed by atoms with Gasteiger partial charge in [0.15, 0.2) is 0 Å². The van der Waals surface area contributed by atoms with Gasteiger partial charge < -0.3 is 9.64 Å². The fourth-order valence-electron chi connectivity index (χ4n) is 1.49. The minimum Gasteiger partial charge on any atom is -0.450 e. The third-order valence-corrected chi connectivity index (χ3v) is 2.78. The Morgan fingerprint density at radius 1 is 1.31 bits per heavy atom. The van der Waals surface area contributed by atoms with E-state index in [-0.39, 0.29) is 11.5 Å². The summed E-state index contributed by atoms with van der Waals surface area (Å²) in [5.74, 6) is 0. The van der Waals surface area contributed by atoms with Gasteiger partial charge >= 0.3 is 6.09 Å². The molecule has 0 saturated heterocycles. The van der Waals surface area contributed by atoms with Crippen molar-refractivity contribution in [1.29, 1.82) is 0 Å². The molecule has 0 fully saturated rings. The van der Waals surface area contributed by atoms with Gasteiger partial charge in [-0.1, -0.05) is 32.6 Å². The average molecular weight is 250 g/mol. The maximum Gasteiger partial charge on any atom is 0.409 e. The third kappa shape index (κ3) is 7.80. The predicted octanol–water partition coefficient (Wildman–Crippen LogP) is 3.65. The van der Waals surface area contributed by atoms with Crippen molar-refractivity contribution in [2.24, 2.45) is 0 Å². The van der Waals surface area contributed by atoms with Crippen LogP contribution < -0.4 is 0 Å². The second-order valence-electron chi connectivity index (χ2n) is 4.03. The Kier molecular flexibility index (Phi) is 9.49. The molecule has 1 atom stereocenters. The van der Waals surface area contributed by atoms with Crippen LogP contribution in [0.4, 0.5) is 4.79 Å². The number of alkyl halides is 1. The molecule has 0 aromatic heterocycles. The molecule has 0 aliphatic heterocycles. The third-order valence-electron chi connectivity index (χ3n) is 2.42. The van der Waals surface area contributed by atoms with Crippen LogP contribution in [0.3, 0.4) is 0 Å². The lowest BCUT2D eigenvalue weighted by Crippen LogP contribution is -2.32. The molecule has 0 aliphatic carbocycles. The highest BCUT2D eigenvalue weighted by Crippen LogP contribution is 2.11. The molecule has 0 aromatic carbocycles. The molecule has 0 spiro atoms. The van der Waals surface area contributed by atoms with Crippen molar-refractivity contribution in [2.75, 3.05) is 20.2 Å². The molecule has 4 heteroatoms. The largest absolute Gasteiger partial charge is 0.450 e. The maximum absolute atomic E-state index is 11.3. The lowest BCUT2D eigenvalue weighted by atomic mass is 10.1. The molecular weight excluding hydrogens is 226 g/mol. The highest BCUT2D eigenvalue weighted by molar-refractivity contribution is 6.20. The number of ether oxygens (including phenoxy) is 1. The first-order valence-electron chi connectivity index (χ1n) is 6.13. The van der Waals surface area contributed by atoms with Crippen molar-refractivity contribution >= 4 is 17.7 Å². The molecule has 1 amide bonds. The van der Waals surface area contributed by atoms with E-state index < -0.39 is 0 Å². The maximum atomic E-state index is 11.3. The Morgan fingerprint density at radius 3 is 2.56 bits per heavy atom. The lowest BCUT2D eigenvalue weighted by Gasteiger charge is -2.19. The first kappa shape index (κ1) is 15.6. The zero-order chi connectivity index (χ0) is 12.4. The number of carbonyl (C=O) groups excluding carboxylic acids is 1. The summed E-state index contributed by atoms with van der Waals surface area (Å²) in [6.07, 6.45) is 5.53. The summed E-state index contributed by atoms with van der Waals surface area (Å²) in [6, 6.07) is 0. The minimum absolute atomic E-state index is 0.0336. The molecule has 0 heterocycles. The molecule has 96 valence electrons. The number of hydrogen-bond donors (Lipinski definition) is 0. The molecule has 0 N–H and O–H groups in total. The summed E-state index contributed by atoms with van der Waals surface area (Å²) in [7, 11) is 1.72. The van der Waals surface area contributed by atoms with Gasteiger partial charge in [0.25, 0.3) is 0 Å². The zero-order valence-electron chi connectivity index (χ0n) is 10.7. The van der Waals surface area contributed by atoms with E-state index in [9.17, 15) is 4.79 Å². The number of nitrogens with zero attached hydrogens (tertiary/aromatic N) is 1. The average Bonchev–Trinajstić information content (AvgIpc) is 2.24. The number of unbranched alkanes of at least 4 members (excludes halogenated alkanes) is 3. The first-order valence-corrected chi connectivity index (χ1v) is 6.57. The topological polar surface area (TPSA) is 29.5 Å². The monoisotopic (exact) mass is 249 g/mol. The van der Waals surface area contributed by atoms with Gasteiger partial charge in [-0.05, 0) is 13.3 Å². The Balaban J connectivity index is 3.60. The van der Waals surface area contributed by atoms with E-state index >= 15 is 0 Å². The molecule has 0 aromatic rings. The standard InChI is InChI=1S/C12H24ClNO2/c1-4-6-7-8-9-11(13)10-14(3)12(15)16-5-2/h11H,4-10H2,1-3H3. The number of rotatable bonds is 8. The van der Waals surface area contributed by atoms with Gasteiger partial charge in [-0.15, -0.1) is 11.6 Å². The summed E-state index contributed by atoms with van der Waals surface area (Å²) in [4.78, 5) is 12.8. The smallest absolute Gasteiger partial charge is 0.409 e. The van der Waals surface area contributed by atoms with Crippen molar-refractivity contribution in [3.8, 4) is 0 Å². The summed E-state index contributed by atoms with van der Waals surface area (Å²) >= 11 is 6.15. The second kappa shape index (κ2) is 9.76. The fraction of sp³-hybridized carbons (Fsp3) is 0.917. The highest BCUT2D eigenvalue weighted by Gasteiger charge is 2.13. The van der Waals surface area contributed by atoms with Crippen LogP contribution in [0.5, 0.6) is 0 Å². The van der Waals surface area contributed by atoms with Gasteiger partial charge in [0, 0.05) is 13.6 Å². The van der Waals surface area contributed by atoms with E-state index in [1.807, 2.05) is 0 Å². The van der Waals surface area contributed by atoms with Gasteiger partial charge in [-0.3, -0.25) is 0 Å². The van der Waals surface area contributed by atoms with Crippen molar-refractivity contribution < 1.29 is 9.53 Å². The van der Waals surface area contributed by atoms with Gasteiger partial charge in [0.2, 0.25) is 0 Å². The summed E-state index contributed by atoms with van der Waals surface area (Å²) in [6.45, 7) is 4.96. The number of carbonyl (C=O) groups is 1. The molecular formula is C12H24ClNO2. The molecule has 0 aliphatic rings. The summed E-state index contributed by atoms with van der Waals surface area (Å²) in [5.41, 5.74) is 0. The van der Waals surface area contributed by atoms with E-state index in [2.05, 4.69) is 6.92 Å². The van der Waals surface area contributed by atoms with Crippen molar-refractivity contribution in [3.63, 3.8) is 0 Å². The summed E-state index contributed by atoms with van der Waals surface area (Å²) in [5, 5.41) is 0.0336. The van der Waals surface area contributed by atoms with Crippen LogP contribution >= 0.6 is 11.6 Å². The van der Waals surface area contributed by atoms with Crippen molar-refractivity contribution in [1.82, 2.24) is 4.90 Å². The molecule has 0 rings (SSSR count). The van der Waals surface area contributed by atoms with E-state index in [1.165, 1.54) is 19.3 Å². The SMILES string of the molecule is CCCCCCC(Cl)CN(C)C(=O)OCC. The van der Waals surface area contributed by atoms with Crippen LogP contribution in [0.15, 0.2) is 0 Å². The van der Waals surface area contributed by atoms with Crippen molar-refractivity contribution in [3.05, 3.63) is 0 Å². The second-order valence-corrected chi connectivity index (χ2v) is 4.64.